The van der Waals surface area contributed by atoms with Crippen LogP contribution in [0.15, 0.2) is 29.5 Å². The van der Waals surface area contributed by atoms with Crippen LogP contribution in [-0.4, -0.2) is 35.8 Å². The largest absolute Gasteiger partial charge is 0.294 e. The standard InChI is InChI=1S/C17H18Cl2N2O2/c1-20(2)21-14-4-3-5-15(22)17(14)12(9-16(21)23)11-7-6-10(18)8-13(11)19/h6-8,12H,3-5,9H2,1-2H3. The lowest BCUT2D eigenvalue weighted by Gasteiger charge is -2.41. The van der Waals surface area contributed by atoms with Gasteiger partial charge in [-0.15, -0.1) is 0 Å². The van der Waals surface area contributed by atoms with Crippen LogP contribution in [0, 0.1) is 0 Å². The summed E-state index contributed by atoms with van der Waals surface area (Å²) in [7, 11) is 3.63. The average Bonchev–Trinajstić information content (AvgIpc) is 2.46. The lowest BCUT2D eigenvalue weighted by Crippen LogP contribution is -2.47. The lowest BCUT2D eigenvalue weighted by molar-refractivity contribution is -0.143. The molecule has 0 fully saturated rings. The molecule has 0 aromatic heterocycles. The van der Waals surface area contributed by atoms with Gasteiger partial charge in [-0.25, -0.2) is 10.0 Å². The molecule has 0 radical (unpaired) electrons. The summed E-state index contributed by atoms with van der Waals surface area (Å²) in [5, 5.41) is 4.42. The molecule has 4 nitrogen and oxygen atoms in total. The zero-order chi connectivity index (χ0) is 16.7. The molecule has 0 saturated heterocycles. The van der Waals surface area contributed by atoms with E-state index < -0.39 is 0 Å². The fourth-order valence-electron chi connectivity index (χ4n) is 3.49. The number of hydrogen-bond acceptors (Lipinski definition) is 3. The fraction of sp³-hybridized carbons (Fsp3) is 0.412. The third-order valence-electron chi connectivity index (χ3n) is 4.39. The first-order valence-corrected chi connectivity index (χ1v) is 8.37. The molecule has 1 heterocycles. The summed E-state index contributed by atoms with van der Waals surface area (Å²) in [5.41, 5.74) is 2.35. The molecule has 0 N–H and O–H groups in total. The maximum atomic E-state index is 12.6. The highest BCUT2D eigenvalue weighted by molar-refractivity contribution is 6.35. The topological polar surface area (TPSA) is 40.6 Å². The Hall–Kier alpha value is -1.36. The molecule has 0 spiro atoms. The quantitative estimate of drug-likeness (QED) is 0.812. The predicted molar refractivity (Wildman–Crippen MR) is 90.2 cm³/mol. The number of Topliss-reactive ketones (excluding diaryl/α,β-unsaturated/α-hetero) is 1. The van der Waals surface area contributed by atoms with Gasteiger partial charge in [0.2, 0.25) is 5.91 Å². The van der Waals surface area contributed by atoms with E-state index in [-0.39, 0.29) is 24.0 Å². The SMILES string of the molecule is CN(C)N1C(=O)CC(c2ccc(Cl)cc2Cl)C2=C1CCCC2=O. The van der Waals surface area contributed by atoms with E-state index in [2.05, 4.69) is 0 Å². The summed E-state index contributed by atoms with van der Waals surface area (Å²) in [6.45, 7) is 0. The number of carbonyl (C=O) groups excluding carboxylic acids is 2. The molecule has 0 bridgehead atoms. The molecule has 1 amide bonds. The van der Waals surface area contributed by atoms with E-state index in [0.717, 1.165) is 29.7 Å². The number of hydrogen-bond donors (Lipinski definition) is 0. The van der Waals surface area contributed by atoms with Gasteiger partial charge in [0.15, 0.2) is 5.78 Å². The van der Waals surface area contributed by atoms with Crippen LogP contribution >= 0.6 is 23.2 Å². The molecule has 1 aliphatic heterocycles. The minimum Gasteiger partial charge on any atom is -0.294 e. The van der Waals surface area contributed by atoms with E-state index in [9.17, 15) is 9.59 Å². The second kappa shape index (κ2) is 6.27. The molecular formula is C17H18Cl2N2O2. The van der Waals surface area contributed by atoms with Gasteiger partial charge in [0.05, 0.1) is 0 Å². The molecule has 1 atom stereocenters. The number of hydrazine groups is 1. The van der Waals surface area contributed by atoms with Crippen LogP contribution in [0.3, 0.4) is 0 Å². The number of carbonyl (C=O) groups is 2. The van der Waals surface area contributed by atoms with Crippen LogP contribution in [0.25, 0.3) is 0 Å². The Morgan fingerprint density at radius 3 is 2.57 bits per heavy atom. The van der Waals surface area contributed by atoms with Crippen LogP contribution in [0.1, 0.15) is 37.2 Å². The Balaban J connectivity index is 2.15. The second-order valence-electron chi connectivity index (χ2n) is 6.11. The monoisotopic (exact) mass is 352 g/mol. The summed E-state index contributed by atoms with van der Waals surface area (Å²) >= 11 is 12.3. The number of halogens is 2. The molecule has 3 rings (SSSR count). The number of amides is 1. The van der Waals surface area contributed by atoms with Crippen molar-refractivity contribution in [3.63, 3.8) is 0 Å². The smallest absolute Gasteiger partial charge is 0.242 e. The highest BCUT2D eigenvalue weighted by Crippen LogP contribution is 2.44. The number of benzene rings is 1. The van der Waals surface area contributed by atoms with Gasteiger partial charge < -0.3 is 0 Å². The van der Waals surface area contributed by atoms with Gasteiger partial charge in [-0.3, -0.25) is 9.59 Å². The van der Waals surface area contributed by atoms with E-state index in [1.54, 1.807) is 22.2 Å². The molecule has 0 saturated carbocycles. The van der Waals surface area contributed by atoms with Gasteiger partial charge in [0, 0.05) is 54.2 Å². The average molecular weight is 353 g/mol. The van der Waals surface area contributed by atoms with Crippen molar-refractivity contribution in [2.75, 3.05) is 14.1 Å². The Labute approximate surface area is 145 Å². The molecule has 1 unspecified atom stereocenters. The molecule has 23 heavy (non-hydrogen) atoms. The summed E-state index contributed by atoms with van der Waals surface area (Å²) in [6, 6.07) is 5.23. The van der Waals surface area contributed by atoms with Crippen LogP contribution in [0.2, 0.25) is 10.0 Å². The molecule has 2 aliphatic rings. The van der Waals surface area contributed by atoms with E-state index in [0.29, 0.717) is 16.5 Å². The zero-order valence-corrected chi connectivity index (χ0v) is 14.6. The Morgan fingerprint density at radius 1 is 1.17 bits per heavy atom. The first-order chi connectivity index (χ1) is 10.9. The summed E-state index contributed by atoms with van der Waals surface area (Å²) in [6.07, 6.45) is 2.27. The molecule has 1 aromatic rings. The van der Waals surface area contributed by atoms with Crippen molar-refractivity contribution in [2.45, 2.75) is 31.6 Å². The predicted octanol–water partition coefficient (Wildman–Crippen LogP) is 3.79. The third kappa shape index (κ3) is 2.91. The number of ketones is 1. The fourth-order valence-corrected chi connectivity index (χ4v) is 4.03. The van der Waals surface area contributed by atoms with Gasteiger partial charge >= 0.3 is 0 Å². The van der Waals surface area contributed by atoms with Gasteiger partial charge in [-0.05, 0) is 30.5 Å². The summed E-state index contributed by atoms with van der Waals surface area (Å²) in [4.78, 5) is 25.2. The minimum atomic E-state index is -0.286. The highest BCUT2D eigenvalue weighted by Gasteiger charge is 2.40. The van der Waals surface area contributed by atoms with Gasteiger partial charge in [-0.1, -0.05) is 29.3 Å². The maximum Gasteiger partial charge on any atom is 0.242 e. The van der Waals surface area contributed by atoms with Crippen molar-refractivity contribution < 1.29 is 9.59 Å². The Kier molecular flexibility index (Phi) is 4.50. The lowest BCUT2D eigenvalue weighted by atomic mass is 9.77. The summed E-state index contributed by atoms with van der Waals surface area (Å²) < 4.78 is 0. The molecule has 1 aromatic carbocycles. The summed E-state index contributed by atoms with van der Waals surface area (Å²) in [5.74, 6) is -0.188. The first kappa shape index (κ1) is 16.5. The van der Waals surface area contributed by atoms with Crippen LogP contribution < -0.4 is 0 Å². The highest BCUT2D eigenvalue weighted by atomic mass is 35.5. The second-order valence-corrected chi connectivity index (χ2v) is 6.96. The van der Waals surface area contributed by atoms with E-state index in [1.807, 2.05) is 20.2 Å². The van der Waals surface area contributed by atoms with Crippen molar-refractivity contribution >= 4 is 34.9 Å². The van der Waals surface area contributed by atoms with E-state index >= 15 is 0 Å². The normalized spacial score (nSPS) is 22.0. The number of nitrogens with zero attached hydrogens (tertiary/aromatic N) is 2. The third-order valence-corrected chi connectivity index (χ3v) is 4.95. The Bertz CT molecular complexity index is 713. The molecule has 6 heteroatoms. The molecule has 122 valence electrons. The molecule has 1 aliphatic carbocycles. The minimum absolute atomic E-state index is 0.0144. The van der Waals surface area contributed by atoms with Crippen LogP contribution in [-0.2, 0) is 9.59 Å². The van der Waals surface area contributed by atoms with Crippen molar-refractivity contribution in [2.24, 2.45) is 0 Å². The Morgan fingerprint density at radius 2 is 1.91 bits per heavy atom. The van der Waals surface area contributed by atoms with E-state index in [1.165, 1.54) is 0 Å². The first-order valence-electron chi connectivity index (χ1n) is 7.61. The van der Waals surface area contributed by atoms with Crippen molar-refractivity contribution in [1.82, 2.24) is 10.0 Å². The zero-order valence-electron chi connectivity index (χ0n) is 13.1. The van der Waals surface area contributed by atoms with Gasteiger partial charge in [0.1, 0.15) is 0 Å². The van der Waals surface area contributed by atoms with Gasteiger partial charge in [-0.2, -0.15) is 0 Å². The van der Waals surface area contributed by atoms with Crippen molar-refractivity contribution in [3.05, 3.63) is 45.1 Å². The van der Waals surface area contributed by atoms with Gasteiger partial charge in [0.25, 0.3) is 0 Å². The van der Waals surface area contributed by atoms with Crippen molar-refractivity contribution in [1.29, 1.82) is 0 Å². The number of allylic oxidation sites excluding steroid dienone is 2. The molecular weight excluding hydrogens is 335 g/mol. The van der Waals surface area contributed by atoms with Crippen LogP contribution in [0.4, 0.5) is 0 Å². The maximum absolute atomic E-state index is 12.6. The van der Waals surface area contributed by atoms with Crippen molar-refractivity contribution in [3.8, 4) is 0 Å². The van der Waals surface area contributed by atoms with E-state index in [4.69, 9.17) is 23.2 Å². The number of rotatable bonds is 2. The van der Waals surface area contributed by atoms with Crippen LogP contribution in [0.5, 0.6) is 0 Å².